The molecule has 1 aromatic carbocycles. The molecule has 2 aromatic rings. The molecule has 26 heavy (non-hydrogen) atoms. The molecule has 0 saturated heterocycles. The molecule has 0 radical (unpaired) electrons. The van der Waals surface area contributed by atoms with Crippen LogP contribution in [0.4, 0.5) is 10.8 Å². The zero-order chi connectivity index (χ0) is 19.8. The van der Waals surface area contributed by atoms with Gasteiger partial charge >= 0.3 is 5.13 Å². The largest absolute Gasteiger partial charge is 0.808 e. The highest BCUT2D eigenvalue weighted by Gasteiger charge is 2.36. The first-order chi connectivity index (χ1) is 11.8. The Morgan fingerprint density at radius 1 is 1.19 bits per heavy atom. The van der Waals surface area contributed by atoms with Crippen LogP contribution in [0.2, 0.25) is 0 Å². The average Bonchev–Trinajstić information content (AvgIpc) is 2.85. The van der Waals surface area contributed by atoms with E-state index in [4.69, 9.17) is 0 Å². The number of aliphatic hydroxyl groups is 1. The Kier molecular flexibility index (Phi) is 6.50. The quantitative estimate of drug-likeness (QED) is 0.400. The maximum atomic E-state index is 11.2. The van der Waals surface area contributed by atoms with E-state index in [9.17, 15) is 33.8 Å². The molecule has 1 heterocycles. The summed E-state index contributed by atoms with van der Waals surface area (Å²) in [6, 6.07) is 7.13. The van der Waals surface area contributed by atoms with Crippen LogP contribution in [0, 0.1) is 6.92 Å². The highest BCUT2D eigenvalue weighted by Crippen LogP contribution is 2.60. The van der Waals surface area contributed by atoms with Crippen molar-refractivity contribution in [1.82, 2.24) is 0 Å². The number of nitrogens with one attached hydrogen (secondary N) is 1. The van der Waals surface area contributed by atoms with Gasteiger partial charge in [-0.25, -0.2) is 9.88 Å². The van der Waals surface area contributed by atoms with Crippen molar-refractivity contribution in [2.45, 2.75) is 25.0 Å². The van der Waals surface area contributed by atoms with E-state index in [1.165, 1.54) is 15.9 Å². The molecule has 0 unspecified atom stereocenters. The highest BCUT2D eigenvalue weighted by atomic mass is 79.9. The van der Waals surface area contributed by atoms with E-state index in [2.05, 4.69) is 21.2 Å². The lowest BCUT2D eigenvalue weighted by atomic mass is 10.3. The van der Waals surface area contributed by atoms with Crippen molar-refractivity contribution < 1.29 is 38.4 Å². The lowest BCUT2D eigenvalue weighted by molar-refractivity contribution is -0.686. The number of halogens is 1. The molecular weight excluding hydrogens is 470 g/mol. The first-order valence-electron chi connectivity index (χ1n) is 7.12. The zero-order valence-corrected chi connectivity index (χ0v) is 17.5. The fraction of sp³-hybridized carbons (Fsp3) is 0.308. The summed E-state index contributed by atoms with van der Waals surface area (Å²) in [5.74, 6) is 0. The number of nitrogens with zero attached hydrogens (tertiary/aromatic N) is 1. The van der Waals surface area contributed by atoms with Gasteiger partial charge in [0, 0.05) is 16.3 Å². The number of hydrogen-bond donors (Lipinski definition) is 2. The Bertz CT molecular complexity index is 855. The molecule has 0 aliphatic heterocycles. The second-order valence-corrected chi connectivity index (χ2v) is 11.1. The number of hydrogen-bond acceptors (Lipinski definition) is 9. The molecule has 0 bridgehead atoms. The minimum atomic E-state index is -6.10. The predicted molar refractivity (Wildman–Crippen MR) is 91.5 cm³/mol. The van der Waals surface area contributed by atoms with Gasteiger partial charge in [0.25, 0.3) is 0 Å². The first kappa shape index (κ1) is 21.7. The number of rotatable bonds is 7. The van der Waals surface area contributed by atoms with Crippen LogP contribution in [0.5, 0.6) is 0 Å². The summed E-state index contributed by atoms with van der Waals surface area (Å²) in [4.78, 5) is 44.7. The smallest absolute Gasteiger partial charge is 0.339 e. The molecule has 0 aliphatic carbocycles. The van der Waals surface area contributed by atoms with E-state index in [1.54, 1.807) is 36.6 Å². The minimum Gasteiger partial charge on any atom is -0.808 e. The molecule has 2 rings (SSSR count). The third kappa shape index (κ3) is 4.62. The van der Waals surface area contributed by atoms with Gasteiger partial charge in [-0.1, -0.05) is 27.3 Å². The summed E-state index contributed by atoms with van der Waals surface area (Å²) < 4.78 is 24.7. The van der Waals surface area contributed by atoms with Crippen molar-refractivity contribution in [3.8, 4) is 0 Å². The van der Waals surface area contributed by atoms with Gasteiger partial charge < -0.3 is 33.8 Å². The molecule has 9 nitrogen and oxygen atoms in total. The van der Waals surface area contributed by atoms with Gasteiger partial charge in [0.15, 0.2) is 0 Å². The molecule has 0 aliphatic rings. The van der Waals surface area contributed by atoms with E-state index >= 15 is 0 Å². The highest BCUT2D eigenvalue weighted by molar-refractivity contribution is 9.10. The first-order valence-corrected chi connectivity index (χ1v) is 11.9. The van der Waals surface area contributed by atoms with Crippen LogP contribution in [-0.2, 0) is 15.7 Å². The monoisotopic (exact) mass is 483 g/mol. The Balaban J connectivity index is 2.27. The van der Waals surface area contributed by atoms with E-state index in [1.807, 2.05) is 0 Å². The normalized spacial score (nSPS) is 13.0. The molecular formula is C13H14BrN2O7P2S-3. The Hall–Kier alpha value is -0.610. The molecule has 1 aromatic heterocycles. The summed E-state index contributed by atoms with van der Waals surface area (Å²) in [5.41, 5.74) is 1.32. The number of benzene rings is 1. The molecule has 13 heteroatoms. The topological polar surface area (TPSA) is 163 Å². The second-order valence-electron chi connectivity index (χ2n) is 5.49. The van der Waals surface area contributed by atoms with Gasteiger partial charge in [-0.3, -0.25) is 0 Å². The van der Waals surface area contributed by atoms with Crippen molar-refractivity contribution in [1.29, 1.82) is 0 Å². The lowest BCUT2D eigenvalue weighted by Crippen LogP contribution is -2.49. The standard InChI is InChI=1S/C13H17BrN2O7P2S/c1-9-8-26-12(15-11-4-2-10(14)3-5-11)16(9)7-6-13(17,24(18,19)20)25(21,22)23/h2-5,8,17H,6-7H2,1H3,(H4,18,19,20,21,22,23)/p-3. The third-order valence-electron chi connectivity index (χ3n) is 3.66. The summed E-state index contributed by atoms with van der Waals surface area (Å²) in [7, 11) is -12.2. The van der Waals surface area contributed by atoms with Crippen molar-refractivity contribution >= 4 is 53.3 Å². The molecule has 0 fully saturated rings. The summed E-state index contributed by atoms with van der Waals surface area (Å²) in [6.45, 7) is 1.30. The lowest BCUT2D eigenvalue weighted by Gasteiger charge is -2.55. The van der Waals surface area contributed by atoms with Gasteiger partial charge in [0.1, 0.15) is 16.5 Å². The molecule has 0 atom stereocenters. The zero-order valence-electron chi connectivity index (χ0n) is 13.3. The van der Waals surface area contributed by atoms with Crippen LogP contribution in [0.1, 0.15) is 12.1 Å². The van der Waals surface area contributed by atoms with Gasteiger partial charge in [0.2, 0.25) is 0 Å². The van der Waals surface area contributed by atoms with Crippen LogP contribution in [-0.4, -0.2) is 10.2 Å². The van der Waals surface area contributed by atoms with Crippen LogP contribution >= 0.6 is 42.5 Å². The van der Waals surface area contributed by atoms with E-state index < -0.39 is 26.7 Å². The number of aryl methyl sites for hydroxylation is 1. The fourth-order valence-electron chi connectivity index (χ4n) is 2.15. The summed E-state index contributed by atoms with van der Waals surface area (Å²) in [6.07, 6.45) is -1.07. The number of anilines is 2. The van der Waals surface area contributed by atoms with E-state index in [0.717, 1.165) is 4.47 Å². The van der Waals surface area contributed by atoms with Gasteiger partial charge in [-0.15, -0.1) is 0 Å². The van der Waals surface area contributed by atoms with Crippen LogP contribution in [0.15, 0.2) is 34.1 Å². The summed E-state index contributed by atoms with van der Waals surface area (Å²) in [5, 5.41) is 11.2. The third-order valence-corrected chi connectivity index (χ3v) is 8.86. The SMILES string of the molecule is Cc1csc(Nc2ccc(Br)cc2)[n+]1CCC(O)(P(=O)([O-])[O-])P(=O)([O-])[O-]. The molecule has 0 spiro atoms. The maximum Gasteiger partial charge on any atom is 0.339 e. The molecule has 144 valence electrons. The van der Waals surface area contributed by atoms with Crippen molar-refractivity contribution in [3.05, 3.63) is 39.8 Å². The predicted octanol–water partition coefficient (Wildman–Crippen LogP) is -0.286. The van der Waals surface area contributed by atoms with Gasteiger partial charge in [-0.05, 0) is 46.4 Å². The molecule has 2 N–H and O–H groups in total. The fourth-order valence-corrected chi connectivity index (χ4v) is 5.31. The number of thiazole rings is 1. The Morgan fingerprint density at radius 2 is 1.73 bits per heavy atom. The number of aromatic nitrogens is 1. The van der Waals surface area contributed by atoms with Gasteiger partial charge in [0.05, 0.1) is 6.54 Å². The summed E-state index contributed by atoms with van der Waals surface area (Å²) >= 11 is 4.55. The van der Waals surface area contributed by atoms with Crippen molar-refractivity contribution in [2.75, 3.05) is 5.32 Å². The van der Waals surface area contributed by atoms with Crippen LogP contribution in [0.25, 0.3) is 0 Å². The van der Waals surface area contributed by atoms with Crippen LogP contribution in [0.3, 0.4) is 0 Å². The average molecular weight is 484 g/mol. The van der Waals surface area contributed by atoms with Crippen molar-refractivity contribution in [2.24, 2.45) is 0 Å². The van der Waals surface area contributed by atoms with Crippen LogP contribution < -0.4 is 29.5 Å². The van der Waals surface area contributed by atoms with Crippen molar-refractivity contribution in [3.63, 3.8) is 0 Å². The second kappa shape index (κ2) is 7.79. The molecule has 0 amide bonds. The van der Waals surface area contributed by atoms with E-state index in [0.29, 0.717) is 16.5 Å². The molecule has 0 saturated carbocycles. The van der Waals surface area contributed by atoms with Gasteiger partial charge in [-0.2, -0.15) is 0 Å². The maximum absolute atomic E-state index is 11.2. The Labute approximate surface area is 161 Å². The van der Waals surface area contributed by atoms with E-state index in [-0.39, 0.29) is 6.54 Å². The Morgan fingerprint density at radius 3 is 2.23 bits per heavy atom. The minimum absolute atomic E-state index is 0.367.